The van der Waals surface area contributed by atoms with Crippen LogP contribution in [-0.2, 0) is 0 Å². The first-order valence-corrected chi connectivity index (χ1v) is 10.9. The smallest absolute Gasteiger partial charge is 0.260 e. The lowest BCUT2D eigenvalue weighted by Crippen LogP contribution is -2.23. The number of nitrogens with zero attached hydrogens (tertiary/aromatic N) is 7. The largest absolute Gasteiger partial charge is 0.505 e. The van der Waals surface area contributed by atoms with Crippen LogP contribution in [0.15, 0.2) is 82.2 Å². The lowest BCUT2D eigenvalue weighted by molar-refractivity contribution is 0.102. The van der Waals surface area contributed by atoms with Crippen molar-refractivity contribution in [1.29, 1.82) is 5.26 Å². The fourth-order valence-electron chi connectivity index (χ4n) is 3.69. The Morgan fingerprint density at radius 1 is 1.22 bits per heavy atom. The normalized spacial score (nSPS) is 14.6. The number of azo groups is 1. The molecule has 1 unspecified atom stereocenters. The van der Waals surface area contributed by atoms with Gasteiger partial charge in [0.25, 0.3) is 5.91 Å². The molecule has 1 aliphatic heterocycles. The van der Waals surface area contributed by atoms with Crippen molar-refractivity contribution in [3.63, 3.8) is 0 Å². The molecule has 11 heteroatoms. The highest BCUT2D eigenvalue weighted by Gasteiger charge is 2.21. The third kappa shape index (κ3) is 4.26. The lowest BCUT2D eigenvalue weighted by atomic mass is 10.0. The zero-order valence-corrected chi connectivity index (χ0v) is 19.0. The average Bonchev–Trinajstić information content (AvgIpc) is 3.31. The Hall–Kier alpha value is -5.37. The van der Waals surface area contributed by atoms with E-state index in [9.17, 15) is 15.2 Å². The Bertz CT molecular complexity index is 1610. The number of benzene rings is 2. The van der Waals surface area contributed by atoms with E-state index in [-0.39, 0.29) is 28.4 Å². The fourth-order valence-corrected chi connectivity index (χ4v) is 3.69. The van der Waals surface area contributed by atoms with Crippen LogP contribution in [0.5, 0.6) is 5.75 Å². The van der Waals surface area contributed by atoms with Crippen molar-refractivity contribution in [1.82, 2.24) is 20.1 Å². The second kappa shape index (κ2) is 9.47. The van der Waals surface area contributed by atoms with Crippen molar-refractivity contribution < 1.29 is 9.90 Å². The molecular weight excluding hydrogens is 458 g/mol. The Kier molecular flexibility index (Phi) is 5.90. The Balaban J connectivity index is 1.58. The van der Waals surface area contributed by atoms with Gasteiger partial charge in [-0.05, 0) is 36.6 Å². The van der Waals surface area contributed by atoms with Gasteiger partial charge in [-0.2, -0.15) is 10.4 Å². The van der Waals surface area contributed by atoms with Crippen molar-refractivity contribution in [2.75, 3.05) is 5.32 Å². The molecule has 1 amide bonds. The van der Waals surface area contributed by atoms with E-state index in [1.165, 1.54) is 10.9 Å². The van der Waals surface area contributed by atoms with Gasteiger partial charge in [-0.3, -0.25) is 4.79 Å². The second-order valence-electron chi connectivity index (χ2n) is 7.80. The molecule has 1 atom stereocenters. The molecule has 1 aliphatic rings. The van der Waals surface area contributed by atoms with E-state index in [0.29, 0.717) is 16.6 Å². The zero-order valence-electron chi connectivity index (χ0n) is 19.0. The minimum Gasteiger partial charge on any atom is -0.505 e. The Morgan fingerprint density at radius 3 is 2.86 bits per heavy atom. The summed E-state index contributed by atoms with van der Waals surface area (Å²) in [7, 11) is 0. The van der Waals surface area contributed by atoms with Crippen LogP contribution in [-0.4, -0.2) is 32.0 Å². The van der Waals surface area contributed by atoms with Gasteiger partial charge in [-0.1, -0.05) is 30.3 Å². The first-order chi connectivity index (χ1) is 17.5. The highest BCUT2D eigenvalue weighted by Crippen LogP contribution is 2.40. The molecule has 2 aromatic heterocycles. The number of hydrogen-bond donors (Lipinski definition) is 3. The molecule has 0 radical (unpaired) electrons. The van der Waals surface area contributed by atoms with Gasteiger partial charge in [0.2, 0.25) is 6.29 Å². The minimum absolute atomic E-state index is 0.00338. The summed E-state index contributed by atoms with van der Waals surface area (Å²) in [6.45, 7) is 1.81. The number of pyridine rings is 1. The maximum atomic E-state index is 13.1. The number of nitriles is 1. The van der Waals surface area contributed by atoms with E-state index >= 15 is 0 Å². The van der Waals surface area contributed by atoms with E-state index in [0.717, 1.165) is 5.69 Å². The number of fused-ring (bicyclic) bond motifs is 1. The maximum Gasteiger partial charge on any atom is 0.260 e. The highest BCUT2D eigenvalue weighted by atomic mass is 16.3. The first kappa shape index (κ1) is 22.4. The number of aliphatic imine (C=N–C) groups is 1. The second-order valence-corrected chi connectivity index (χ2v) is 7.80. The fraction of sp³-hybridized carbons (Fsp3) is 0.0800. The minimum atomic E-state index is -0.615. The summed E-state index contributed by atoms with van der Waals surface area (Å²) < 4.78 is 1.40. The number of phenolic OH excluding ortho intramolecular Hbond substituents is 1. The van der Waals surface area contributed by atoms with Gasteiger partial charge < -0.3 is 15.7 Å². The van der Waals surface area contributed by atoms with Gasteiger partial charge in [0.15, 0.2) is 11.6 Å². The molecule has 0 aliphatic carbocycles. The molecule has 0 saturated heterocycles. The predicted octanol–water partition coefficient (Wildman–Crippen LogP) is 4.63. The summed E-state index contributed by atoms with van der Waals surface area (Å²) in [5, 5.41) is 40.3. The van der Waals surface area contributed by atoms with Crippen molar-refractivity contribution in [3.8, 4) is 11.8 Å². The number of rotatable bonds is 5. The van der Waals surface area contributed by atoms with Crippen molar-refractivity contribution in [3.05, 3.63) is 83.8 Å². The Labute approximate surface area is 205 Å². The number of carbonyl (C=O) groups is 1. The summed E-state index contributed by atoms with van der Waals surface area (Å²) >= 11 is 0. The summed E-state index contributed by atoms with van der Waals surface area (Å²) in [6, 6.07) is 16.0. The summed E-state index contributed by atoms with van der Waals surface area (Å²) in [5.41, 5.74) is 0.992. The number of amides is 1. The molecule has 11 nitrogen and oxygen atoms in total. The molecule has 3 N–H and O–H groups in total. The SMILES string of the molecule is Cc1cccc(NC(=O)c2cc3ccccc3c(/N=N/c3c(C#N)cnn3C3N=CC=CN3)c2O)n1. The number of hydrogen-bond acceptors (Lipinski definition) is 9. The number of aryl methyl sites for hydroxylation is 1. The average molecular weight is 477 g/mol. The third-order valence-electron chi connectivity index (χ3n) is 5.39. The van der Waals surface area contributed by atoms with E-state index in [1.54, 1.807) is 54.9 Å². The standard InChI is InChI=1S/C25H19N9O2/c1-15-6-4-9-20(30-15)31-24(36)19-12-16-7-2-3-8-18(16)21(22(19)35)32-33-23-17(13-26)14-29-34(23)25-27-10-5-11-28-25/h2-12,14,25,27,35H,1H3,(H,30,31,36)/b33-32+. The van der Waals surface area contributed by atoms with Gasteiger partial charge in [-0.15, -0.1) is 10.2 Å². The molecule has 36 heavy (non-hydrogen) atoms. The molecule has 2 aromatic carbocycles. The number of nitrogens with one attached hydrogen (secondary N) is 2. The van der Waals surface area contributed by atoms with E-state index < -0.39 is 12.2 Å². The lowest BCUT2D eigenvalue weighted by Gasteiger charge is -2.16. The van der Waals surface area contributed by atoms with Gasteiger partial charge >= 0.3 is 0 Å². The van der Waals surface area contributed by atoms with E-state index in [1.807, 2.05) is 25.1 Å². The molecule has 0 spiro atoms. The van der Waals surface area contributed by atoms with Crippen LogP contribution in [0.4, 0.5) is 17.3 Å². The third-order valence-corrected chi connectivity index (χ3v) is 5.39. The summed E-state index contributed by atoms with van der Waals surface area (Å²) in [5.74, 6) is -0.412. The molecule has 176 valence electrons. The molecule has 5 rings (SSSR count). The zero-order chi connectivity index (χ0) is 25.1. The van der Waals surface area contributed by atoms with Crippen molar-refractivity contribution >= 4 is 40.2 Å². The predicted molar refractivity (Wildman–Crippen MR) is 133 cm³/mol. The van der Waals surface area contributed by atoms with Crippen molar-refractivity contribution in [2.24, 2.45) is 15.2 Å². The quantitative estimate of drug-likeness (QED) is 0.356. The van der Waals surface area contributed by atoms with Gasteiger partial charge in [-0.25, -0.2) is 14.7 Å². The molecule has 0 saturated carbocycles. The summed E-state index contributed by atoms with van der Waals surface area (Å²) in [4.78, 5) is 21.6. The molecular formula is C25H19N9O2. The topological polar surface area (TPSA) is 153 Å². The first-order valence-electron chi connectivity index (χ1n) is 10.9. The summed E-state index contributed by atoms with van der Waals surface area (Å²) in [6.07, 6.45) is 5.76. The monoisotopic (exact) mass is 477 g/mol. The number of allylic oxidation sites excluding steroid dienone is 1. The molecule has 0 bridgehead atoms. The van der Waals surface area contributed by atoms with Crippen LogP contribution >= 0.6 is 0 Å². The molecule has 0 fully saturated rings. The number of aromatic hydroxyl groups is 1. The molecule has 4 aromatic rings. The van der Waals surface area contributed by atoms with Crippen molar-refractivity contribution in [2.45, 2.75) is 13.2 Å². The number of anilines is 1. The van der Waals surface area contributed by atoms with Crippen LogP contribution in [0, 0.1) is 18.3 Å². The maximum absolute atomic E-state index is 13.1. The van der Waals surface area contributed by atoms with E-state index in [2.05, 4.69) is 35.9 Å². The Morgan fingerprint density at radius 2 is 2.08 bits per heavy atom. The number of carbonyl (C=O) groups excluding carboxylic acids is 1. The molecule has 3 heterocycles. The number of aromatic nitrogens is 3. The van der Waals surface area contributed by atoms with Crippen LogP contribution < -0.4 is 10.6 Å². The van der Waals surface area contributed by atoms with E-state index in [4.69, 9.17) is 0 Å². The van der Waals surface area contributed by atoms with Crippen LogP contribution in [0.25, 0.3) is 10.8 Å². The van der Waals surface area contributed by atoms with Crippen LogP contribution in [0.2, 0.25) is 0 Å². The van der Waals surface area contributed by atoms with Crippen LogP contribution in [0.3, 0.4) is 0 Å². The highest BCUT2D eigenvalue weighted by molar-refractivity contribution is 6.11. The van der Waals surface area contributed by atoms with Gasteiger partial charge in [0, 0.05) is 23.5 Å². The number of phenols is 1. The van der Waals surface area contributed by atoms with Gasteiger partial charge in [0.05, 0.1) is 11.8 Å². The van der Waals surface area contributed by atoms with Crippen LogP contribution in [0.1, 0.15) is 27.9 Å². The van der Waals surface area contributed by atoms with Gasteiger partial charge in [0.1, 0.15) is 23.1 Å².